The molecule has 4 unspecified atom stereocenters. The maximum atomic E-state index is 12.1. The second-order valence-electron chi connectivity index (χ2n) is 12.4. The fraction of sp³-hybridized carbons (Fsp3) is 1.00. The molecule has 0 radical (unpaired) electrons. The van der Waals surface area contributed by atoms with Crippen LogP contribution < -0.4 is 0 Å². The number of unbranched alkanes of at least 4 members (excludes halogenated alkanes) is 10. The molecule has 0 saturated carbocycles. The molecule has 224 valence electrons. The van der Waals surface area contributed by atoms with Gasteiger partial charge in [-0.25, -0.2) is 8.37 Å². The molecular weight excluding hydrogens is 480 g/mol. The highest BCUT2D eigenvalue weighted by molar-refractivity contribution is 7.81. The largest absolute Gasteiger partial charge is 0.399 e. The van der Waals surface area contributed by atoms with Gasteiger partial charge in [-0.1, -0.05) is 157 Å². The van der Waals surface area contributed by atoms with Crippen LogP contribution in [0.5, 0.6) is 0 Å². The average Bonchev–Trinajstić information content (AvgIpc) is 2.86. The summed E-state index contributed by atoms with van der Waals surface area (Å²) in [6, 6.07) is 0. The summed E-state index contributed by atoms with van der Waals surface area (Å²) < 4.78 is 34.6. The van der Waals surface area contributed by atoms with Crippen LogP contribution in [0.25, 0.3) is 0 Å². The van der Waals surface area contributed by atoms with Gasteiger partial charge in [0.05, 0.1) is 13.2 Å². The Bertz CT molecular complexity index is 533. The average molecular weight is 547 g/mol. The molecule has 0 saturated heterocycles. The molecule has 0 bridgehead atoms. The molecule has 5 heteroatoms. The van der Waals surface area contributed by atoms with Crippen molar-refractivity contribution in [1.29, 1.82) is 0 Å². The topological polar surface area (TPSA) is 52.6 Å². The van der Waals surface area contributed by atoms with E-state index in [0.717, 1.165) is 37.5 Å². The van der Waals surface area contributed by atoms with Crippen molar-refractivity contribution in [3.05, 3.63) is 0 Å². The van der Waals surface area contributed by atoms with Crippen molar-refractivity contribution >= 4 is 10.4 Å². The Morgan fingerprint density at radius 3 is 1.00 bits per heavy atom. The summed E-state index contributed by atoms with van der Waals surface area (Å²) in [5.74, 6) is 2.17. The first-order chi connectivity index (χ1) is 17.7. The van der Waals surface area contributed by atoms with Gasteiger partial charge in [0.2, 0.25) is 0 Å². The van der Waals surface area contributed by atoms with E-state index in [9.17, 15) is 8.42 Å². The zero-order valence-corrected chi connectivity index (χ0v) is 26.7. The third kappa shape index (κ3) is 25.9. The van der Waals surface area contributed by atoms with E-state index in [4.69, 9.17) is 8.37 Å². The lowest BCUT2D eigenvalue weighted by atomic mass is 9.96. The molecule has 0 aromatic carbocycles. The van der Waals surface area contributed by atoms with Crippen molar-refractivity contribution in [2.75, 3.05) is 13.2 Å². The second-order valence-corrected chi connectivity index (χ2v) is 13.7. The van der Waals surface area contributed by atoms with E-state index in [1.165, 1.54) is 103 Å². The van der Waals surface area contributed by atoms with Gasteiger partial charge in [-0.05, 0) is 36.5 Å². The van der Waals surface area contributed by atoms with E-state index in [1.54, 1.807) is 0 Å². The minimum Gasteiger partial charge on any atom is -0.248 e. The molecule has 0 heterocycles. The van der Waals surface area contributed by atoms with Gasteiger partial charge in [0, 0.05) is 0 Å². The van der Waals surface area contributed by atoms with Gasteiger partial charge in [-0.3, -0.25) is 0 Å². The van der Waals surface area contributed by atoms with Crippen molar-refractivity contribution in [2.45, 2.75) is 170 Å². The van der Waals surface area contributed by atoms with E-state index < -0.39 is 10.4 Å². The third-order valence-electron chi connectivity index (χ3n) is 7.88. The Kier molecular flexibility index (Phi) is 24.8. The minimum atomic E-state index is -3.89. The maximum Gasteiger partial charge on any atom is 0.399 e. The molecule has 4 nitrogen and oxygen atoms in total. The first-order valence-electron chi connectivity index (χ1n) is 16.2. The Hall–Kier alpha value is -0.130. The monoisotopic (exact) mass is 546 g/mol. The molecule has 37 heavy (non-hydrogen) atoms. The SMILES string of the molecule is CCCCCC(C)CCCCCCC(C)COS(=O)(=O)OCC(C)CCCCCCC(C)CCCCC. The smallest absolute Gasteiger partial charge is 0.248 e. The predicted octanol–water partition coefficient (Wildman–Crippen LogP) is 10.7. The van der Waals surface area contributed by atoms with Crippen LogP contribution in [0.15, 0.2) is 0 Å². The van der Waals surface area contributed by atoms with Gasteiger partial charge in [0.25, 0.3) is 0 Å². The standard InChI is InChI=1S/C32H66O4S/c1-7-9-15-21-29(3)23-17-11-13-19-25-31(5)27-35-37(33,34)36-28-32(6)26-20-14-12-18-24-30(4)22-16-10-8-2/h29-32H,7-28H2,1-6H3. The normalized spacial score (nSPS) is 15.5. The quantitative estimate of drug-likeness (QED) is 0.0916. The van der Waals surface area contributed by atoms with E-state index in [2.05, 4.69) is 41.5 Å². The third-order valence-corrected chi connectivity index (χ3v) is 8.73. The fourth-order valence-electron chi connectivity index (χ4n) is 5.05. The van der Waals surface area contributed by atoms with Gasteiger partial charge in [-0.15, -0.1) is 0 Å². The van der Waals surface area contributed by atoms with Crippen molar-refractivity contribution in [3.63, 3.8) is 0 Å². The lowest BCUT2D eigenvalue weighted by molar-refractivity contribution is 0.170. The predicted molar refractivity (Wildman–Crippen MR) is 161 cm³/mol. The van der Waals surface area contributed by atoms with Crippen LogP contribution in [0.4, 0.5) is 0 Å². The molecule has 0 aromatic heterocycles. The molecule has 0 aliphatic carbocycles. The first-order valence-corrected chi connectivity index (χ1v) is 17.6. The number of hydrogen-bond donors (Lipinski definition) is 0. The van der Waals surface area contributed by atoms with Crippen LogP contribution in [-0.4, -0.2) is 21.6 Å². The van der Waals surface area contributed by atoms with Crippen LogP contribution in [-0.2, 0) is 18.8 Å². The van der Waals surface area contributed by atoms with E-state index >= 15 is 0 Å². The van der Waals surface area contributed by atoms with Crippen LogP contribution in [0.1, 0.15) is 170 Å². The molecule has 0 aliphatic rings. The first kappa shape index (κ1) is 36.9. The van der Waals surface area contributed by atoms with Gasteiger partial charge < -0.3 is 0 Å². The molecule has 4 atom stereocenters. The zero-order valence-electron chi connectivity index (χ0n) is 25.9. The highest BCUT2D eigenvalue weighted by Gasteiger charge is 2.16. The van der Waals surface area contributed by atoms with Crippen molar-refractivity contribution in [2.24, 2.45) is 23.7 Å². The van der Waals surface area contributed by atoms with Crippen LogP contribution in [0.3, 0.4) is 0 Å². The van der Waals surface area contributed by atoms with E-state index in [-0.39, 0.29) is 25.0 Å². The Balaban J connectivity index is 3.71. The van der Waals surface area contributed by atoms with Crippen LogP contribution in [0, 0.1) is 23.7 Å². The second kappa shape index (κ2) is 24.9. The summed E-state index contributed by atoms with van der Waals surface area (Å²) in [6.07, 6.45) is 25.5. The molecule has 0 aliphatic heterocycles. The number of rotatable bonds is 28. The van der Waals surface area contributed by atoms with E-state index in [1.807, 2.05) is 0 Å². The lowest BCUT2D eigenvalue weighted by Crippen LogP contribution is -2.18. The Morgan fingerprint density at radius 1 is 0.432 bits per heavy atom. The van der Waals surface area contributed by atoms with Crippen molar-refractivity contribution < 1.29 is 16.8 Å². The summed E-state index contributed by atoms with van der Waals surface area (Å²) in [7, 11) is -3.89. The van der Waals surface area contributed by atoms with Crippen LogP contribution >= 0.6 is 0 Å². The van der Waals surface area contributed by atoms with E-state index in [0.29, 0.717) is 0 Å². The van der Waals surface area contributed by atoms with Gasteiger partial charge in [-0.2, -0.15) is 8.42 Å². The fourth-order valence-corrected chi connectivity index (χ4v) is 5.92. The maximum absolute atomic E-state index is 12.1. The lowest BCUT2D eigenvalue weighted by Gasteiger charge is -2.14. The Labute approximate surface area is 233 Å². The van der Waals surface area contributed by atoms with Crippen molar-refractivity contribution in [3.8, 4) is 0 Å². The molecule has 0 fully saturated rings. The Morgan fingerprint density at radius 2 is 0.703 bits per heavy atom. The summed E-state index contributed by atoms with van der Waals surface area (Å²) >= 11 is 0. The molecule has 0 N–H and O–H groups in total. The molecule has 0 amide bonds. The molecule has 0 aromatic rings. The molecule has 0 spiro atoms. The number of hydrogen-bond acceptors (Lipinski definition) is 4. The summed E-state index contributed by atoms with van der Waals surface area (Å²) in [6.45, 7) is 13.9. The highest BCUT2D eigenvalue weighted by Crippen LogP contribution is 2.20. The summed E-state index contributed by atoms with van der Waals surface area (Å²) in [4.78, 5) is 0. The van der Waals surface area contributed by atoms with Gasteiger partial charge in [0.1, 0.15) is 0 Å². The van der Waals surface area contributed by atoms with Gasteiger partial charge >= 0.3 is 10.4 Å². The summed E-state index contributed by atoms with van der Waals surface area (Å²) in [5.41, 5.74) is 0. The summed E-state index contributed by atoms with van der Waals surface area (Å²) in [5, 5.41) is 0. The highest BCUT2D eigenvalue weighted by atomic mass is 32.3. The zero-order chi connectivity index (χ0) is 27.8. The molecule has 0 rings (SSSR count). The van der Waals surface area contributed by atoms with Crippen molar-refractivity contribution in [1.82, 2.24) is 0 Å². The van der Waals surface area contributed by atoms with Crippen LogP contribution in [0.2, 0.25) is 0 Å². The molecular formula is C32H66O4S. The van der Waals surface area contributed by atoms with Gasteiger partial charge in [0.15, 0.2) is 0 Å². The minimum absolute atomic E-state index is 0.224.